The highest BCUT2D eigenvalue weighted by atomic mass is 32.1. The molecule has 1 aliphatic rings. The highest BCUT2D eigenvalue weighted by molar-refractivity contribution is 7.09. The largest absolute Gasteiger partial charge is 0.263 e. The highest BCUT2D eigenvalue weighted by Gasteiger charge is 2.21. The highest BCUT2D eigenvalue weighted by Crippen LogP contribution is 2.31. The Morgan fingerprint density at radius 2 is 2.25 bits per heavy atom. The van der Waals surface area contributed by atoms with Crippen molar-refractivity contribution in [1.29, 1.82) is 0 Å². The van der Waals surface area contributed by atoms with Gasteiger partial charge in [-0.2, -0.15) is 5.10 Å². The van der Waals surface area contributed by atoms with Crippen LogP contribution in [-0.4, -0.2) is 15.2 Å². The first kappa shape index (κ1) is 10.0. The summed E-state index contributed by atoms with van der Waals surface area (Å²) in [5, 5.41) is 9.51. The van der Waals surface area contributed by atoms with Gasteiger partial charge in [0.2, 0.25) is 0 Å². The van der Waals surface area contributed by atoms with Crippen molar-refractivity contribution in [1.82, 2.24) is 15.2 Å². The molecule has 0 aliphatic heterocycles. The Morgan fingerprint density at radius 1 is 1.38 bits per heavy atom. The van der Waals surface area contributed by atoms with E-state index in [1.54, 1.807) is 11.3 Å². The zero-order valence-electron chi connectivity index (χ0n) is 9.15. The first-order valence-corrected chi connectivity index (χ1v) is 6.73. The minimum atomic E-state index is 0.605. The van der Waals surface area contributed by atoms with E-state index in [-0.39, 0.29) is 0 Å². The number of nitrogens with one attached hydrogen (secondary N) is 1. The van der Waals surface area contributed by atoms with Gasteiger partial charge < -0.3 is 0 Å². The van der Waals surface area contributed by atoms with Crippen molar-refractivity contribution in [2.24, 2.45) is 0 Å². The van der Waals surface area contributed by atoms with Crippen LogP contribution in [0.5, 0.6) is 0 Å². The van der Waals surface area contributed by atoms with Gasteiger partial charge >= 0.3 is 0 Å². The van der Waals surface area contributed by atoms with E-state index in [4.69, 9.17) is 0 Å². The topological polar surface area (TPSA) is 41.6 Å². The van der Waals surface area contributed by atoms with Crippen LogP contribution < -0.4 is 0 Å². The van der Waals surface area contributed by atoms with Crippen LogP contribution in [0.25, 0.3) is 0 Å². The fourth-order valence-corrected chi connectivity index (χ4v) is 3.04. The van der Waals surface area contributed by atoms with E-state index in [1.165, 1.54) is 30.6 Å². The second-order valence-corrected chi connectivity index (χ2v) is 5.41. The molecule has 0 amide bonds. The van der Waals surface area contributed by atoms with Crippen molar-refractivity contribution in [2.75, 3.05) is 0 Å². The molecule has 0 saturated heterocycles. The number of rotatable bonds is 3. The maximum absolute atomic E-state index is 4.61. The van der Waals surface area contributed by atoms with Gasteiger partial charge in [-0.15, -0.1) is 11.3 Å². The molecular formula is C12H15N3S. The van der Waals surface area contributed by atoms with Crippen LogP contribution in [0.2, 0.25) is 0 Å². The molecule has 1 saturated carbocycles. The molecule has 0 radical (unpaired) electrons. The Kier molecular flexibility index (Phi) is 2.74. The fourth-order valence-electron chi connectivity index (χ4n) is 2.33. The standard InChI is InChI=1S/C12H15N3S/c1-2-5-9(4-1)12-13-11(14-15-12)8-10-6-3-7-16-10/h3,6-7,9H,1-2,4-5,8H2,(H,13,14,15). The van der Waals surface area contributed by atoms with Gasteiger partial charge in [-0.05, 0) is 24.3 Å². The van der Waals surface area contributed by atoms with Gasteiger partial charge in [0.25, 0.3) is 0 Å². The molecule has 0 unspecified atom stereocenters. The number of aromatic nitrogens is 3. The van der Waals surface area contributed by atoms with Gasteiger partial charge in [0.1, 0.15) is 5.82 Å². The summed E-state index contributed by atoms with van der Waals surface area (Å²) in [6.07, 6.45) is 6.07. The zero-order valence-corrected chi connectivity index (χ0v) is 9.96. The molecule has 0 bridgehead atoms. The molecule has 2 heterocycles. The van der Waals surface area contributed by atoms with Crippen LogP contribution in [0.4, 0.5) is 0 Å². The number of nitrogens with zero attached hydrogens (tertiary/aromatic N) is 2. The van der Waals surface area contributed by atoms with Gasteiger partial charge in [-0.3, -0.25) is 5.10 Å². The predicted octanol–water partition coefficient (Wildman–Crippen LogP) is 3.11. The smallest absolute Gasteiger partial charge is 0.153 e. The summed E-state index contributed by atoms with van der Waals surface area (Å²) in [7, 11) is 0. The first-order valence-electron chi connectivity index (χ1n) is 5.85. The Hall–Kier alpha value is -1.16. The van der Waals surface area contributed by atoms with Crippen LogP contribution in [0, 0.1) is 0 Å². The predicted molar refractivity (Wildman–Crippen MR) is 64.7 cm³/mol. The molecule has 3 rings (SSSR count). The molecule has 3 nitrogen and oxygen atoms in total. The maximum atomic E-state index is 4.61. The average molecular weight is 233 g/mol. The van der Waals surface area contributed by atoms with Crippen LogP contribution in [0.3, 0.4) is 0 Å². The third-order valence-electron chi connectivity index (χ3n) is 3.19. The molecule has 0 spiro atoms. The quantitative estimate of drug-likeness (QED) is 0.885. The average Bonchev–Trinajstić information content (AvgIpc) is 2.99. The Bertz CT molecular complexity index is 441. The van der Waals surface area contributed by atoms with Gasteiger partial charge in [-0.1, -0.05) is 18.9 Å². The van der Waals surface area contributed by atoms with E-state index in [0.717, 1.165) is 18.1 Å². The summed E-state index contributed by atoms with van der Waals surface area (Å²) in [5.41, 5.74) is 0. The minimum Gasteiger partial charge on any atom is -0.263 e. The molecule has 1 aliphatic carbocycles. The van der Waals surface area contributed by atoms with Gasteiger partial charge in [0, 0.05) is 17.2 Å². The lowest BCUT2D eigenvalue weighted by Gasteiger charge is -2.00. The lowest BCUT2D eigenvalue weighted by Crippen LogP contribution is -1.95. The summed E-state index contributed by atoms with van der Waals surface area (Å²) >= 11 is 1.77. The normalized spacial score (nSPS) is 17.0. The Labute approximate surface area is 98.9 Å². The SMILES string of the molecule is c1csc(Cc2nc(C3CCCC3)n[nH]2)c1. The lowest BCUT2D eigenvalue weighted by atomic mass is 10.1. The molecule has 2 aromatic rings. The summed E-state index contributed by atoms with van der Waals surface area (Å²) < 4.78 is 0. The molecule has 16 heavy (non-hydrogen) atoms. The lowest BCUT2D eigenvalue weighted by molar-refractivity contribution is 0.671. The summed E-state index contributed by atoms with van der Waals surface area (Å²) in [4.78, 5) is 5.95. The minimum absolute atomic E-state index is 0.605. The van der Waals surface area contributed by atoms with E-state index in [2.05, 4.69) is 32.7 Å². The number of hydrogen-bond donors (Lipinski definition) is 1. The van der Waals surface area contributed by atoms with Crippen molar-refractivity contribution in [3.8, 4) is 0 Å². The number of aromatic amines is 1. The third-order valence-corrected chi connectivity index (χ3v) is 4.07. The maximum Gasteiger partial charge on any atom is 0.153 e. The van der Waals surface area contributed by atoms with E-state index in [0.29, 0.717) is 5.92 Å². The van der Waals surface area contributed by atoms with Gasteiger partial charge in [0.15, 0.2) is 5.82 Å². The Balaban J connectivity index is 1.72. The second-order valence-electron chi connectivity index (χ2n) is 4.38. The molecule has 4 heteroatoms. The molecule has 1 fully saturated rings. The third kappa shape index (κ3) is 2.02. The molecule has 84 valence electrons. The van der Waals surface area contributed by atoms with E-state index < -0.39 is 0 Å². The molecule has 1 N–H and O–H groups in total. The van der Waals surface area contributed by atoms with E-state index in [9.17, 15) is 0 Å². The van der Waals surface area contributed by atoms with Gasteiger partial charge in [0.05, 0.1) is 0 Å². The monoisotopic (exact) mass is 233 g/mol. The van der Waals surface area contributed by atoms with Crippen LogP contribution in [0.15, 0.2) is 17.5 Å². The number of H-pyrrole nitrogens is 1. The number of thiophene rings is 1. The van der Waals surface area contributed by atoms with Crippen molar-refractivity contribution >= 4 is 11.3 Å². The first-order chi connectivity index (χ1) is 7.92. The summed E-state index contributed by atoms with van der Waals surface area (Å²) in [5.74, 6) is 2.64. The molecule has 2 aromatic heterocycles. The van der Waals surface area contributed by atoms with Crippen LogP contribution >= 0.6 is 11.3 Å². The fraction of sp³-hybridized carbons (Fsp3) is 0.500. The zero-order chi connectivity index (χ0) is 10.8. The molecular weight excluding hydrogens is 218 g/mol. The Morgan fingerprint density at radius 3 is 3.00 bits per heavy atom. The van der Waals surface area contributed by atoms with Crippen LogP contribution in [-0.2, 0) is 6.42 Å². The van der Waals surface area contributed by atoms with Crippen molar-refractivity contribution in [3.05, 3.63) is 34.0 Å². The van der Waals surface area contributed by atoms with Crippen molar-refractivity contribution < 1.29 is 0 Å². The summed E-state index contributed by atoms with van der Waals surface area (Å²) in [6, 6.07) is 4.22. The van der Waals surface area contributed by atoms with Crippen LogP contribution in [0.1, 0.15) is 48.1 Å². The second kappa shape index (κ2) is 4.37. The van der Waals surface area contributed by atoms with E-state index in [1.807, 2.05) is 0 Å². The summed E-state index contributed by atoms with van der Waals surface area (Å²) in [6.45, 7) is 0. The van der Waals surface area contributed by atoms with Crippen molar-refractivity contribution in [3.63, 3.8) is 0 Å². The van der Waals surface area contributed by atoms with Gasteiger partial charge in [-0.25, -0.2) is 4.98 Å². The van der Waals surface area contributed by atoms with Crippen molar-refractivity contribution in [2.45, 2.75) is 38.0 Å². The molecule has 0 aromatic carbocycles. The number of hydrogen-bond acceptors (Lipinski definition) is 3. The van der Waals surface area contributed by atoms with E-state index >= 15 is 0 Å². The molecule has 0 atom stereocenters.